The third-order valence-corrected chi connectivity index (χ3v) is 7.49. The molecule has 7 heteroatoms. The minimum Gasteiger partial charge on any atom is -0.497 e. The highest BCUT2D eigenvalue weighted by atomic mass is 32.1. The molecule has 2 amide bonds. The monoisotopic (exact) mass is 454 g/mol. The van der Waals surface area contributed by atoms with Crippen LogP contribution in [0.1, 0.15) is 45.6 Å². The van der Waals surface area contributed by atoms with Crippen LogP contribution in [0, 0.1) is 0 Å². The molecular weight excluding hydrogens is 428 g/mol. The van der Waals surface area contributed by atoms with E-state index in [9.17, 15) is 9.59 Å². The summed E-state index contributed by atoms with van der Waals surface area (Å²) >= 11 is 3.15. The SMILES string of the molecule is COc1ccc(C2c3ccsc3CCN2C(=O)CN(C(=O)c2cccs2)C(C)C)cc1. The van der Waals surface area contributed by atoms with Crippen molar-refractivity contribution < 1.29 is 14.3 Å². The summed E-state index contributed by atoms with van der Waals surface area (Å²) < 4.78 is 5.30. The van der Waals surface area contributed by atoms with E-state index in [1.807, 2.05) is 60.5 Å². The predicted octanol–water partition coefficient (Wildman–Crippen LogP) is 4.84. The summed E-state index contributed by atoms with van der Waals surface area (Å²) in [5, 5.41) is 3.98. The summed E-state index contributed by atoms with van der Waals surface area (Å²) in [5.41, 5.74) is 2.23. The first kappa shape index (κ1) is 21.6. The highest BCUT2D eigenvalue weighted by molar-refractivity contribution is 7.12. The van der Waals surface area contributed by atoms with Gasteiger partial charge in [0.15, 0.2) is 0 Å². The van der Waals surface area contributed by atoms with Crippen LogP contribution in [-0.4, -0.2) is 47.9 Å². The molecule has 3 heterocycles. The lowest BCUT2D eigenvalue weighted by atomic mass is 9.93. The maximum atomic E-state index is 13.5. The maximum Gasteiger partial charge on any atom is 0.264 e. The molecule has 0 spiro atoms. The molecule has 1 unspecified atom stereocenters. The summed E-state index contributed by atoms with van der Waals surface area (Å²) in [6.45, 7) is 4.61. The van der Waals surface area contributed by atoms with Crippen molar-refractivity contribution in [2.24, 2.45) is 0 Å². The number of carbonyl (C=O) groups is 2. The molecule has 1 aliphatic heterocycles. The lowest BCUT2D eigenvalue weighted by Gasteiger charge is -2.38. The Bertz CT molecular complexity index is 1040. The van der Waals surface area contributed by atoms with Crippen molar-refractivity contribution >= 4 is 34.5 Å². The number of thiophene rings is 2. The van der Waals surface area contributed by atoms with E-state index in [0.717, 1.165) is 17.7 Å². The number of fused-ring (bicyclic) bond motifs is 1. The van der Waals surface area contributed by atoms with E-state index in [4.69, 9.17) is 4.74 Å². The zero-order valence-electron chi connectivity index (χ0n) is 17.9. The van der Waals surface area contributed by atoms with Gasteiger partial charge in [0.2, 0.25) is 5.91 Å². The summed E-state index contributed by atoms with van der Waals surface area (Å²) in [4.78, 5) is 32.1. The Morgan fingerprint density at radius 1 is 1.13 bits per heavy atom. The first-order valence-corrected chi connectivity index (χ1v) is 12.1. The smallest absolute Gasteiger partial charge is 0.264 e. The van der Waals surface area contributed by atoms with Gasteiger partial charge in [-0.1, -0.05) is 18.2 Å². The lowest BCUT2D eigenvalue weighted by Crippen LogP contribution is -2.48. The Morgan fingerprint density at radius 2 is 1.90 bits per heavy atom. The molecule has 0 saturated carbocycles. The number of amides is 2. The van der Waals surface area contributed by atoms with E-state index in [1.165, 1.54) is 21.8 Å². The molecule has 0 radical (unpaired) electrons. The van der Waals surface area contributed by atoms with Crippen molar-refractivity contribution in [3.05, 3.63) is 74.1 Å². The Kier molecular flexibility index (Phi) is 6.43. The lowest BCUT2D eigenvalue weighted by molar-refractivity contribution is -0.134. The van der Waals surface area contributed by atoms with Crippen LogP contribution in [0.5, 0.6) is 5.75 Å². The van der Waals surface area contributed by atoms with E-state index in [2.05, 4.69) is 11.4 Å². The Balaban J connectivity index is 1.62. The second kappa shape index (κ2) is 9.24. The Labute approximate surface area is 190 Å². The van der Waals surface area contributed by atoms with Crippen molar-refractivity contribution in [1.29, 1.82) is 0 Å². The van der Waals surface area contributed by atoms with Crippen LogP contribution in [0.15, 0.2) is 53.2 Å². The molecule has 0 bridgehead atoms. The van der Waals surface area contributed by atoms with Crippen LogP contribution in [0.25, 0.3) is 0 Å². The van der Waals surface area contributed by atoms with E-state index < -0.39 is 0 Å². The van der Waals surface area contributed by atoms with Crippen molar-refractivity contribution in [3.8, 4) is 5.75 Å². The number of hydrogen-bond donors (Lipinski definition) is 0. The zero-order chi connectivity index (χ0) is 22.0. The third kappa shape index (κ3) is 4.38. The second-order valence-corrected chi connectivity index (χ2v) is 9.76. The molecule has 1 aliphatic rings. The fourth-order valence-corrected chi connectivity index (χ4v) is 5.58. The van der Waals surface area contributed by atoms with Crippen LogP contribution in [-0.2, 0) is 11.2 Å². The first-order chi connectivity index (χ1) is 15.0. The van der Waals surface area contributed by atoms with Gasteiger partial charge in [0, 0.05) is 17.5 Å². The van der Waals surface area contributed by atoms with Crippen LogP contribution in [0.4, 0.5) is 0 Å². The van der Waals surface area contributed by atoms with Crippen molar-refractivity contribution in [3.63, 3.8) is 0 Å². The third-order valence-electron chi connectivity index (χ3n) is 5.64. The summed E-state index contributed by atoms with van der Waals surface area (Å²) in [7, 11) is 1.65. The standard InChI is InChI=1S/C24H26N2O3S2/c1-16(2)26(24(28)21-5-4-13-30-21)15-22(27)25-12-10-20-19(11-14-31-20)23(25)17-6-8-18(29-3)9-7-17/h4-9,11,13-14,16,23H,10,12,15H2,1-3H3. The van der Waals surface area contributed by atoms with Crippen LogP contribution >= 0.6 is 22.7 Å². The van der Waals surface area contributed by atoms with E-state index >= 15 is 0 Å². The van der Waals surface area contributed by atoms with E-state index in [-0.39, 0.29) is 30.4 Å². The molecule has 0 saturated heterocycles. The molecule has 0 fully saturated rings. The number of hydrogen-bond acceptors (Lipinski definition) is 5. The number of benzene rings is 1. The quantitative estimate of drug-likeness (QED) is 0.535. The predicted molar refractivity (Wildman–Crippen MR) is 125 cm³/mol. The molecule has 1 atom stereocenters. The summed E-state index contributed by atoms with van der Waals surface area (Å²) in [5.74, 6) is 0.666. The van der Waals surface area contributed by atoms with Crippen LogP contribution in [0.2, 0.25) is 0 Å². The van der Waals surface area contributed by atoms with Gasteiger partial charge in [-0.3, -0.25) is 9.59 Å². The van der Waals surface area contributed by atoms with Crippen LogP contribution in [0.3, 0.4) is 0 Å². The average Bonchev–Trinajstić information content (AvgIpc) is 3.48. The minimum atomic E-state index is -0.153. The number of rotatable bonds is 6. The molecule has 0 N–H and O–H groups in total. The number of ether oxygens (including phenoxy) is 1. The van der Waals surface area contributed by atoms with Gasteiger partial charge in [-0.2, -0.15) is 0 Å². The number of methoxy groups -OCH3 is 1. The molecule has 5 nitrogen and oxygen atoms in total. The first-order valence-electron chi connectivity index (χ1n) is 10.3. The highest BCUT2D eigenvalue weighted by Crippen LogP contribution is 2.38. The van der Waals surface area contributed by atoms with Gasteiger partial charge in [-0.15, -0.1) is 22.7 Å². The van der Waals surface area contributed by atoms with Gasteiger partial charge >= 0.3 is 0 Å². The van der Waals surface area contributed by atoms with E-state index in [0.29, 0.717) is 11.4 Å². The Morgan fingerprint density at radius 3 is 2.55 bits per heavy atom. The van der Waals surface area contributed by atoms with Gasteiger partial charge in [0.1, 0.15) is 12.3 Å². The average molecular weight is 455 g/mol. The molecule has 2 aromatic heterocycles. The van der Waals surface area contributed by atoms with Gasteiger partial charge < -0.3 is 14.5 Å². The largest absolute Gasteiger partial charge is 0.497 e. The molecule has 162 valence electrons. The normalized spacial score (nSPS) is 15.6. The highest BCUT2D eigenvalue weighted by Gasteiger charge is 2.34. The number of carbonyl (C=O) groups excluding carboxylic acids is 2. The number of nitrogens with zero attached hydrogens (tertiary/aromatic N) is 2. The molecule has 1 aromatic carbocycles. The maximum absolute atomic E-state index is 13.5. The topological polar surface area (TPSA) is 49.9 Å². The summed E-state index contributed by atoms with van der Waals surface area (Å²) in [6, 6.07) is 13.5. The molecule has 0 aliphatic carbocycles. The molecule has 3 aromatic rings. The fraction of sp³-hybridized carbons (Fsp3) is 0.333. The zero-order valence-corrected chi connectivity index (χ0v) is 19.5. The van der Waals surface area contributed by atoms with Gasteiger partial charge in [-0.25, -0.2) is 0 Å². The molecular formula is C24H26N2O3S2. The van der Waals surface area contributed by atoms with Crippen molar-refractivity contribution in [2.45, 2.75) is 32.4 Å². The van der Waals surface area contributed by atoms with E-state index in [1.54, 1.807) is 23.3 Å². The molecule has 4 rings (SSSR count). The fourth-order valence-electron chi connectivity index (χ4n) is 4.00. The van der Waals surface area contributed by atoms with Gasteiger partial charge in [0.05, 0.1) is 18.0 Å². The molecule has 31 heavy (non-hydrogen) atoms. The van der Waals surface area contributed by atoms with Crippen LogP contribution < -0.4 is 4.74 Å². The summed E-state index contributed by atoms with van der Waals surface area (Å²) in [6.07, 6.45) is 0.839. The van der Waals surface area contributed by atoms with Crippen molar-refractivity contribution in [2.75, 3.05) is 20.2 Å². The second-order valence-electron chi connectivity index (χ2n) is 7.82. The van der Waals surface area contributed by atoms with Crippen molar-refractivity contribution in [1.82, 2.24) is 9.80 Å². The van der Waals surface area contributed by atoms with Gasteiger partial charge in [0.25, 0.3) is 5.91 Å². The Hall–Kier alpha value is -2.64. The minimum absolute atomic E-state index is 0.0312. The van der Waals surface area contributed by atoms with Gasteiger partial charge in [-0.05, 0) is 66.4 Å².